The molecule has 2 aromatic rings. The van der Waals surface area contributed by atoms with Crippen LogP contribution in [-0.4, -0.2) is 60.2 Å². The van der Waals surface area contributed by atoms with Crippen LogP contribution < -0.4 is 9.47 Å². The van der Waals surface area contributed by atoms with Crippen LogP contribution in [0.5, 0.6) is 5.75 Å². The van der Waals surface area contributed by atoms with E-state index in [1.54, 1.807) is 29.2 Å². The second-order valence-corrected chi connectivity index (χ2v) is 7.20. The van der Waals surface area contributed by atoms with Gasteiger partial charge in [-0.2, -0.15) is 13.5 Å². The Labute approximate surface area is 170 Å². The summed E-state index contributed by atoms with van der Waals surface area (Å²) in [6, 6.07) is 10.8. The molecular weight excluding hydrogens is 404 g/mol. The number of carbonyl (C=O) groups excluding carboxylic acids is 2. The summed E-state index contributed by atoms with van der Waals surface area (Å²) in [6.07, 6.45) is 1.37. The molecule has 1 fully saturated rings. The summed E-state index contributed by atoms with van der Waals surface area (Å²) in [7, 11) is 0. The number of benzene rings is 1. The highest BCUT2D eigenvalue weighted by molar-refractivity contribution is 7.99. The first-order valence-electron chi connectivity index (χ1n) is 8.87. The van der Waals surface area contributed by atoms with Crippen LogP contribution in [0.3, 0.4) is 0 Å². The monoisotopic (exact) mass is 423 g/mol. The number of rotatable bonds is 6. The van der Waals surface area contributed by atoms with Crippen LogP contribution in [0.1, 0.15) is 10.4 Å². The van der Waals surface area contributed by atoms with E-state index in [0.717, 1.165) is 11.8 Å². The maximum atomic E-state index is 12.7. The Balaban J connectivity index is 1.54. The van der Waals surface area contributed by atoms with Gasteiger partial charge in [0.25, 0.3) is 10.9 Å². The van der Waals surface area contributed by atoms with Crippen LogP contribution in [0.2, 0.25) is 0 Å². The first-order valence-corrected chi connectivity index (χ1v) is 9.86. The molecule has 7 nitrogen and oxygen atoms in total. The van der Waals surface area contributed by atoms with Gasteiger partial charge in [0.15, 0.2) is 6.20 Å². The number of pyridine rings is 1. The molecular formula is C19H19F2N3O4S. The summed E-state index contributed by atoms with van der Waals surface area (Å²) < 4.78 is 30.2. The fourth-order valence-electron chi connectivity index (χ4n) is 2.92. The average molecular weight is 423 g/mol. The lowest BCUT2D eigenvalue weighted by molar-refractivity contribution is -0.645. The highest BCUT2D eigenvalue weighted by Crippen LogP contribution is 2.23. The Hall–Kier alpha value is -2.88. The molecule has 0 atom stereocenters. The van der Waals surface area contributed by atoms with E-state index < -0.39 is 12.5 Å². The molecule has 1 saturated heterocycles. The van der Waals surface area contributed by atoms with Gasteiger partial charge in [0.1, 0.15) is 5.75 Å². The van der Waals surface area contributed by atoms with E-state index in [4.69, 9.17) is 0 Å². The van der Waals surface area contributed by atoms with Gasteiger partial charge in [-0.05, 0) is 30.0 Å². The second kappa shape index (κ2) is 9.55. The van der Waals surface area contributed by atoms with Crippen molar-refractivity contribution in [3.8, 4) is 5.75 Å². The third-order valence-electron chi connectivity index (χ3n) is 4.39. The van der Waals surface area contributed by atoms with Crippen molar-refractivity contribution < 1.29 is 27.8 Å². The molecule has 0 saturated carbocycles. The van der Waals surface area contributed by atoms with Gasteiger partial charge in [-0.15, -0.1) is 0 Å². The summed E-state index contributed by atoms with van der Waals surface area (Å²) >= 11 is 1.15. The van der Waals surface area contributed by atoms with Crippen molar-refractivity contribution in [2.75, 3.05) is 31.9 Å². The zero-order valence-corrected chi connectivity index (χ0v) is 16.2. The number of hydrogen-bond acceptors (Lipinski definition) is 5. The lowest BCUT2D eigenvalue weighted by Crippen LogP contribution is -2.51. The predicted molar refractivity (Wildman–Crippen MR) is 102 cm³/mol. The van der Waals surface area contributed by atoms with Crippen LogP contribution >= 0.6 is 11.8 Å². The zero-order valence-electron chi connectivity index (χ0n) is 15.4. The maximum absolute atomic E-state index is 12.7. The Morgan fingerprint density at radius 3 is 2.41 bits per heavy atom. The minimum absolute atomic E-state index is 0.0622. The number of para-hydroxylation sites is 1. The maximum Gasteiger partial charge on any atom is 0.387 e. The number of thioether (sulfide) groups is 1. The summed E-state index contributed by atoms with van der Waals surface area (Å²) in [6.45, 7) is -1.80. The molecule has 0 unspecified atom stereocenters. The van der Waals surface area contributed by atoms with Crippen molar-refractivity contribution in [3.63, 3.8) is 0 Å². The number of alkyl halides is 2. The van der Waals surface area contributed by atoms with E-state index in [0.29, 0.717) is 22.8 Å². The van der Waals surface area contributed by atoms with E-state index in [1.165, 1.54) is 29.3 Å². The first kappa shape index (κ1) is 20.8. The highest BCUT2D eigenvalue weighted by atomic mass is 32.2. The van der Waals surface area contributed by atoms with E-state index in [2.05, 4.69) is 4.74 Å². The highest BCUT2D eigenvalue weighted by Gasteiger charge is 2.27. The molecule has 154 valence electrons. The molecule has 0 aliphatic carbocycles. The van der Waals surface area contributed by atoms with E-state index in [1.807, 2.05) is 0 Å². The van der Waals surface area contributed by atoms with Gasteiger partial charge in [-0.3, -0.25) is 9.59 Å². The summed E-state index contributed by atoms with van der Waals surface area (Å²) in [5.74, 6) is -0.603. The lowest BCUT2D eigenvalue weighted by atomic mass is 10.1. The van der Waals surface area contributed by atoms with Crippen molar-refractivity contribution in [1.82, 2.24) is 9.80 Å². The Morgan fingerprint density at radius 1 is 1.07 bits per heavy atom. The Bertz CT molecular complexity index is 876. The quantitative estimate of drug-likeness (QED) is 0.404. The zero-order chi connectivity index (χ0) is 20.8. The van der Waals surface area contributed by atoms with E-state index >= 15 is 0 Å². The van der Waals surface area contributed by atoms with Crippen molar-refractivity contribution in [2.45, 2.75) is 11.6 Å². The summed E-state index contributed by atoms with van der Waals surface area (Å²) in [4.78, 5) is 28.2. The molecule has 1 aliphatic heterocycles. The second-order valence-electron chi connectivity index (χ2n) is 6.20. The normalized spacial score (nSPS) is 14.2. The standard InChI is InChI=1S/C19H19F2N3O4S/c20-19(21)28-15-6-2-1-5-14(15)18(26)23-11-9-22(10-12-23)16(25)13-29-17-7-3-4-8-24(17)27/h1-8,19H,9-13H2. The van der Waals surface area contributed by atoms with Crippen molar-refractivity contribution in [3.05, 3.63) is 59.4 Å². The third-order valence-corrected chi connectivity index (χ3v) is 5.39. The molecule has 0 N–H and O–H groups in total. The molecule has 0 spiro atoms. The smallest absolute Gasteiger partial charge is 0.387 e. The van der Waals surface area contributed by atoms with Gasteiger partial charge in [-0.1, -0.05) is 12.1 Å². The molecule has 29 heavy (non-hydrogen) atoms. The number of halogens is 2. The fraction of sp³-hybridized carbons (Fsp3) is 0.316. The molecule has 10 heteroatoms. The van der Waals surface area contributed by atoms with Gasteiger partial charge in [0.05, 0.1) is 11.3 Å². The average Bonchev–Trinajstić information content (AvgIpc) is 2.72. The van der Waals surface area contributed by atoms with Gasteiger partial charge in [-0.25, -0.2) is 0 Å². The first-order chi connectivity index (χ1) is 14.0. The summed E-state index contributed by atoms with van der Waals surface area (Å²) in [5, 5.41) is 12.1. The lowest BCUT2D eigenvalue weighted by Gasteiger charge is -2.35. The Morgan fingerprint density at radius 2 is 1.72 bits per heavy atom. The molecule has 0 radical (unpaired) electrons. The van der Waals surface area contributed by atoms with Crippen molar-refractivity contribution >= 4 is 23.6 Å². The van der Waals surface area contributed by atoms with Crippen molar-refractivity contribution in [1.29, 1.82) is 0 Å². The van der Waals surface area contributed by atoms with Gasteiger partial charge < -0.3 is 19.7 Å². The SMILES string of the molecule is O=C(CSc1cccc[n+]1[O-])N1CCN(C(=O)c2ccccc2OC(F)F)CC1. The molecule has 1 aliphatic rings. The molecule has 1 aromatic heterocycles. The van der Waals surface area contributed by atoms with Crippen LogP contribution in [0.25, 0.3) is 0 Å². The number of amides is 2. The number of nitrogens with zero attached hydrogens (tertiary/aromatic N) is 3. The predicted octanol–water partition coefficient (Wildman–Crippen LogP) is 2.00. The largest absolute Gasteiger partial charge is 0.618 e. The van der Waals surface area contributed by atoms with Gasteiger partial charge in [0.2, 0.25) is 5.91 Å². The molecule has 2 amide bonds. The van der Waals surface area contributed by atoms with Gasteiger partial charge >= 0.3 is 6.61 Å². The minimum atomic E-state index is -3.02. The van der Waals surface area contributed by atoms with Gasteiger partial charge in [0, 0.05) is 38.3 Å². The molecule has 3 rings (SSSR count). The van der Waals surface area contributed by atoms with Crippen LogP contribution in [-0.2, 0) is 4.79 Å². The molecule has 1 aromatic carbocycles. The number of ether oxygens (including phenoxy) is 1. The van der Waals surface area contributed by atoms with Crippen LogP contribution in [0.4, 0.5) is 8.78 Å². The number of piperazine rings is 1. The topological polar surface area (TPSA) is 76.8 Å². The van der Waals surface area contributed by atoms with Crippen LogP contribution in [0, 0.1) is 5.21 Å². The fourth-order valence-corrected chi connectivity index (χ4v) is 3.74. The van der Waals surface area contributed by atoms with E-state index in [-0.39, 0.29) is 36.1 Å². The van der Waals surface area contributed by atoms with Crippen molar-refractivity contribution in [2.24, 2.45) is 0 Å². The minimum Gasteiger partial charge on any atom is -0.618 e. The third kappa shape index (κ3) is 5.35. The molecule has 2 heterocycles. The number of carbonyl (C=O) groups is 2. The van der Waals surface area contributed by atoms with Crippen LogP contribution in [0.15, 0.2) is 53.7 Å². The number of aromatic nitrogens is 1. The summed E-state index contributed by atoms with van der Waals surface area (Å²) in [5.41, 5.74) is 0.0622. The molecule has 0 bridgehead atoms. The van der Waals surface area contributed by atoms with E-state index in [9.17, 15) is 23.6 Å². The number of hydrogen-bond donors (Lipinski definition) is 0. The Kier molecular flexibility index (Phi) is 6.86.